The molecule has 0 amide bonds. The van der Waals surface area contributed by atoms with Crippen molar-refractivity contribution in [3.63, 3.8) is 0 Å². The summed E-state index contributed by atoms with van der Waals surface area (Å²) in [4.78, 5) is 22.3. The lowest BCUT2D eigenvalue weighted by atomic mass is 10.1. The molecule has 0 bridgehead atoms. The van der Waals surface area contributed by atoms with Crippen LogP contribution in [0.1, 0.15) is 44.7 Å². The van der Waals surface area contributed by atoms with Crippen LogP contribution in [0.15, 0.2) is 29.2 Å². The number of nitrogens with zero attached hydrogens (tertiary/aromatic N) is 4. The minimum atomic E-state index is -0.243. The van der Waals surface area contributed by atoms with Gasteiger partial charge in [0.1, 0.15) is 17.2 Å². The van der Waals surface area contributed by atoms with Crippen LogP contribution >= 0.6 is 0 Å². The van der Waals surface area contributed by atoms with Crippen molar-refractivity contribution < 1.29 is 4.74 Å². The summed E-state index contributed by atoms with van der Waals surface area (Å²) in [6.07, 6.45) is 3.53. The Morgan fingerprint density at radius 3 is 2.52 bits per heavy atom. The molecule has 0 spiro atoms. The zero-order valence-corrected chi connectivity index (χ0v) is 17.8. The fourth-order valence-corrected chi connectivity index (χ4v) is 3.71. The van der Waals surface area contributed by atoms with E-state index >= 15 is 0 Å². The lowest BCUT2D eigenvalue weighted by Gasteiger charge is -2.32. The third kappa shape index (κ3) is 3.86. The minimum absolute atomic E-state index is 0.144. The van der Waals surface area contributed by atoms with Gasteiger partial charge in [-0.15, -0.1) is 0 Å². The first-order chi connectivity index (χ1) is 13.7. The van der Waals surface area contributed by atoms with Crippen LogP contribution in [0.25, 0.3) is 11.0 Å². The molecule has 2 aromatic heterocycles. The second-order valence-corrected chi connectivity index (χ2v) is 8.90. The number of rotatable bonds is 3. The summed E-state index contributed by atoms with van der Waals surface area (Å²) in [5.74, 6) is 1.53. The normalized spacial score (nSPS) is 15.8. The summed E-state index contributed by atoms with van der Waals surface area (Å²) < 4.78 is 8.00. The van der Waals surface area contributed by atoms with E-state index < -0.39 is 0 Å². The number of aromatic nitrogens is 4. The fourth-order valence-electron chi connectivity index (χ4n) is 3.71. The van der Waals surface area contributed by atoms with Crippen LogP contribution in [0.4, 0.5) is 5.95 Å². The van der Waals surface area contributed by atoms with Crippen molar-refractivity contribution in [3.05, 3.63) is 45.9 Å². The quantitative estimate of drug-likeness (QED) is 0.734. The SMILES string of the molecule is Cc1ccc(OC2CCN(c3nc4c(cnn4C(C)(C)C)c(=O)[nH]3)CC2)cc1C. The van der Waals surface area contributed by atoms with Crippen molar-refractivity contribution in [2.24, 2.45) is 0 Å². The molecule has 0 radical (unpaired) electrons. The Hall–Kier alpha value is -2.83. The van der Waals surface area contributed by atoms with Crippen LogP contribution in [-0.4, -0.2) is 38.9 Å². The van der Waals surface area contributed by atoms with E-state index in [4.69, 9.17) is 9.72 Å². The molecule has 0 saturated carbocycles. The first-order valence-corrected chi connectivity index (χ1v) is 10.2. The Morgan fingerprint density at radius 1 is 1.14 bits per heavy atom. The Kier molecular flexibility index (Phi) is 4.84. The van der Waals surface area contributed by atoms with Gasteiger partial charge in [-0.25, -0.2) is 4.68 Å². The lowest BCUT2D eigenvalue weighted by molar-refractivity contribution is 0.170. The summed E-state index contributed by atoms with van der Waals surface area (Å²) in [6, 6.07) is 6.24. The largest absolute Gasteiger partial charge is 0.490 e. The van der Waals surface area contributed by atoms with Gasteiger partial charge in [0.15, 0.2) is 5.65 Å². The third-order valence-corrected chi connectivity index (χ3v) is 5.58. The Balaban J connectivity index is 1.50. The van der Waals surface area contributed by atoms with Gasteiger partial charge in [-0.1, -0.05) is 6.07 Å². The standard InChI is InChI=1S/C22H29N5O2/c1-14-6-7-17(12-15(14)2)29-16-8-10-26(11-9-16)21-24-19-18(20(28)25-21)13-23-27(19)22(3,4)5/h6-7,12-13,16H,8-11H2,1-5H3,(H,24,25,28). The van der Waals surface area contributed by atoms with E-state index in [1.54, 1.807) is 6.20 Å². The van der Waals surface area contributed by atoms with Gasteiger partial charge in [0, 0.05) is 25.9 Å². The zero-order chi connectivity index (χ0) is 20.8. The first kappa shape index (κ1) is 19.5. The van der Waals surface area contributed by atoms with Gasteiger partial charge in [-0.05, 0) is 57.9 Å². The van der Waals surface area contributed by atoms with Crippen molar-refractivity contribution in [2.75, 3.05) is 18.0 Å². The number of benzene rings is 1. The van der Waals surface area contributed by atoms with Crippen LogP contribution in [0.5, 0.6) is 5.75 Å². The van der Waals surface area contributed by atoms with Gasteiger partial charge in [0.2, 0.25) is 5.95 Å². The average molecular weight is 396 g/mol. The molecule has 3 aromatic rings. The highest BCUT2D eigenvalue weighted by molar-refractivity contribution is 5.74. The highest BCUT2D eigenvalue weighted by Crippen LogP contribution is 2.24. The second kappa shape index (κ2) is 7.21. The summed E-state index contributed by atoms with van der Waals surface area (Å²) in [5.41, 5.74) is 2.75. The van der Waals surface area contributed by atoms with E-state index in [2.05, 4.69) is 61.7 Å². The second-order valence-electron chi connectivity index (χ2n) is 8.90. The fraction of sp³-hybridized carbons (Fsp3) is 0.500. The van der Waals surface area contributed by atoms with E-state index in [-0.39, 0.29) is 17.2 Å². The van der Waals surface area contributed by atoms with Crippen LogP contribution in [0.3, 0.4) is 0 Å². The monoisotopic (exact) mass is 395 g/mol. The number of H-pyrrole nitrogens is 1. The van der Waals surface area contributed by atoms with Crippen molar-refractivity contribution >= 4 is 17.0 Å². The molecule has 1 N–H and O–H groups in total. The number of piperidine rings is 1. The zero-order valence-electron chi connectivity index (χ0n) is 17.8. The van der Waals surface area contributed by atoms with E-state index in [0.29, 0.717) is 17.0 Å². The molecule has 7 nitrogen and oxygen atoms in total. The molecule has 1 aliphatic rings. The number of ether oxygens (including phenoxy) is 1. The summed E-state index contributed by atoms with van der Waals surface area (Å²) >= 11 is 0. The molecule has 1 aliphatic heterocycles. The average Bonchev–Trinajstić information content (AvgIpc) is 3.10. The summed E-state index contributed by atoms with van der Waals surface area (Å²) in [7, 11) is 0. The molecule has 3 heterocycles. The van der Waals surface area contributed by atoms with Crippen molar-refractivity contribution in [1.29, 1.82) is 0 Å². The van der Waals surface area contributed by atoms with Gasteiger partial charge < -0.3 is 9.64 Å². The molecule has 7 heteroatoms. The number of hydrogen-bond donors (Lipinski definition) is 1. The van der Waals surface area contributed by atoms with Gasteiger partial charge in [0.25, 0.3) is 5.56 Å². The van der Waals surface area contributed by atoms with Gasteiger partial charge in [-0.2, -0.15) is 10.1 Å². The predicted molar refractivity (Wildman–Crippen MR) is 115 cm³/mol. The minimum Gasteiger partial charge on any atom is -0.490 e. The van der Waals surface area contributed by atoms with E-state index in [0.717, 1.165) is 31.7 Å². The van der Waals surface area contributed by atoms with E-state index in [1.165, 1.54) is 11.1 Å². The molecule has 0 atom stereocenters. The Labute approximate surface area is 170 Å². The smallest absolute Gasteiger partial charge is 0.263 e. The lowest BCUT2D eigenvalue weighted by Crippen LogP contribution is -2.40. The van der Waals surface area contributed by atoms with Crippen molar-refractivity contribution in [1.82, 2.24) is 19.7 Å². The predicted octanol–water partition coefficient (Wildman–Crippen LogP) is 3.54. The summed E-state index contributed by atoms with van der Waals surface area (Å²) in [5, 5.41) is 4.91. The molecule has 0 aliphatic carbocycles. The molecule has 154 valence electrons. The number of fused-ring (bicyclic) bond motifs is 1. The maximum atomic E-state index is 12.5. The van der Waals surface area contributed by atoms with Gasteiger partial charge >= 0.3 is 0 Å². The van der Waals surface area contributed by atoms with Crippen LogP contribution in [0.2, 0.25) is 0 Å². The van der Waals surface area contributed by atoms with Crippen LogP contribution < -0.4 is 15.2 Å². The first-order valence-electron chi connectivity index (χ1n) is 10.2. The van der Waals surface area contributed by atoms with Crippen LogP contribution in [0, 0.1) is 13.8 Å². The van der Waals surface area contributed by atoms with E-state index in [1.807, 2.05) is 10.7 Å². The van der Waals surface area contributed by atoms with Gasteiger partial charge in [0.05, 0.1) is 11.7 Å². The Morgan fingerprint density at radius 2 is 1.86 bits per heavy atom. The number of nitrogens with one attached hydrogen (secondary N) is 1. The van der Waals surface area contributed by atoms with Gasteiger partial charge in [-0.3, -0.25) is 9.78 Å². The highest BCUT2D eigenvalue weighted by Gasteiger charge is 2.25. The van der Waals surface area contributed by atoms with Crippen molar-refractivity contribution in [2.45, 2.75) is 59.1 Å². The Bertz CT molecular complexity index is 1080. The molecule has 0 unspecified atom stereocenters. The molecule has 29 heavy (non-hydrogen) atoms. The molecule has 4 rings (SSSR count). The number of aromatic amines is 1. The maximum absolute atomic E-state index is 12.5. The molecule has 1 aromatic carbocycles. The molecule has 1 saturated heterocycles. The number of anilines is 1. The highest BCUT2D eigenvalue weighted by atomic mass is 16.5. The van der Waals surface area contributed by atoms with Crippen molar-refractivity contribution in [3.8, 4) is 5.75 Å². The number of hydrogen-bond acceptors (Lipinski definition) is 5. The topological polar surface area (TPSA) is 76.0 Å². The maximum Gasteiger partial charge on any atom is 0.263 e. The van der Waals surface area contributed by atoms with Crippen LogP contribution in [-0.2, 0) is 5.54 Å². The number of aryl methyl sites for hydroxylation is 2. The summed E-state index contributed by atoms with van der Waals surface area (Å²) in [6.45, 7) is 11.9. The molecular weight excluding hydrogens is 366 g/mol. The molecule has 1 fully saturated rings. The van der Waals surface area contributed by atoms with E-state index in [9.17, 15) is 4.79 Å². The third-order valence-electron chi connectivity index (χ3n) is 5.58. The molecular formula is C22H29N5O2.